The highest BCUT2D eigenvalue weighted by atomic mass is 32.2. The van der Waals surface area contributed by atoms with E-state index in [1.165, 1.54) is 24.8 Å². The lowest BCUT2D eigenvalue weighted by molar-refractivity contribution is 0.614. The Balaban J connectivity index is 1.67. The number of nitrogens with zero attached hydrogens (tertiary/aromatic N) is 3. The summed E-state index contributed by atoms with van der Waals surface area (Å²) in [5.41, 5.74) is 4.50. The standard InChI is InChI=1S/C20H29N5S/c1-14-11-15(2)25(24-14)19-8-6-5-7-16(19)13-22-20(21-3)23-17-9-10-18(12-17)26-4/h5-8,11,17-18H,9-10,12-13H2,1-4H3,(H2,21,22,23). The van der Waals surface area contributed by atoms with E-state index in [4.69, 9.17) is 0 Å². The molecule has 2 aromatic rings. The molecule has 1 heterocycles. The van der Waals surface area contributed by atoms with Crippen LogP contribution in [0.3, 0.4) is 0 Å². The molecule has 0 saturated heterocycles. The third kappa shape index (κ3) is 4.41. The van der Waals surface area contributed by atoms with Gasteiger partial charge in [0, 0.05) is 30.6 Å². The monoisotopic (exact) mass is 371 g/mol. The van der Waals surface area contributed by atoms with Gasteiger partial charge in [-0.15, -0.1) is 0 Å². The second-order valence-corrected chi connectivity index (χ2v) is 8.04. The Labute approximate surface area is 160 Å². The first-order valence-corrected chi connectivity index (χ1v) is 10.5. The van der Waals surface area contributed by atoms with Crippen LogP contribution in [-0.2, 0) is 6.54 Å². The summed E-state index contributed by atoms with van der Waals surface area (Å²) >= 11 is 1.97. The highest BCUT2D eigenvalue weighted by Crippen LogP contribution is 2.28. The maximum Gasteiger partial charge on any atom is 0.191 e. The number of hydrogen-bond donors (Lipinski definition) is 2. The number of guanidine groups is 1. The van der Waals surface area contributed by atoms with Crippen molar-refractivity contribution in [3.05, 3.63) is 47.3 Å². The van der Waals surface area contributed by atoms with E-state index in [-0.39, 0.29) is 0 Å². The number of aromatic nitrogens is 2. The Bertz CT molecular complexity index is 767. The molecule has 26 heavy (non-hydrogen) atoms. The van der Waals surface area contributed by atoms with Gasteiger partial charge in [0.1, 0.15) is 0 Å². The molecule has 0 amide bonds. The molecule has 0 aliphatic heterocycles. The fourth-order valence-corrected chi connectivity index (χ4v) is 4.39. The molecule has 0 bridgehead atoms. The molecule has 1 aliphatic carbocycles. The Morgan fingerprint density at radius 1 is 1.31 bits per heavy atom. The summed E-state index contributed by atoms with van der Waals surface area (Å²) in [5, 5.41) is 12.5. The minimum absolute atomic E-state index is 0.518. The molecule has 6 heteroatoms. The Morgan fingerprint density at radius 3 is 2.77 bits per heavy atom. The summed E-state index contributed by atoms with van der Waals surface area (Å²) in [5.74, 6) is 0.875. The quantitative estimate of drug-likeness (QED) is 0.624. The zero-order valence-corrected chi connectivity index (χ0v) is 16.9. The molecule has 2 N–H and O–H groups in total. The topological polar surface area (TPSA) is 54.2 Å². The molecule has 2 atom stereocenters. The lowest BCUT2D eigenvalue weighted by Crippen LogP contribution is -2.42. The van der Waals surface area contributed by atoms with Crippen LogP contribution in [0.2, 0.25) is 0 Å². The van der Waals surface area contributed by atoms with Gasteiger partial charge in [-0.1, -0.05) is 18.2 Å². The maximum absolute atomic E-state index is 4.63. The van der Waals surface area contributed by atoms with Crippen LogP contribution in [0.4, 0.5) is 0 Å². The van der Waals surface area contributed by atoms with Crippen molar-refractivity contribution in [3.8, 4) is 5.69 Å². The van der Waals surface area contributed by atoms with Crippen LogP contribution >= 0.6 is 11.8 Å². The average Bonchev–Trinajstić information content (AvgIpc) is 3.24. The SMILES string of the molecule is CN=C(NCc1ccccc1-n1nc(C)cc1C)NC1CCC(SC)C1. The Hall–Kier alpha value is -1.95. The highest BCUT2D eigenvalue weighted by Gasteiger charge is 2.24. The number of nitrogens with one attached hydrogen (secondary N) is 2. The summed E-state index contributed by atoms with van der Waals surface area (Å²) in [6, 6.07) is 11.0. The van der Waals surface area contributed by atoms with Crippen LogP contribution in [0.1, 0.15) is 36.2 Å². The molecular weight excluding hydrogens is 342 g/mol. The molecule has 3 rings (SSSR count). The second-order valence-electron chi connectivity index (χ2n) is 6.91. The lowest BCUT2D eigenvalue weighted by atomic mass is 10.1. The van der Waals surface area contributed by atoms with Gasteiger partial charge in [0.05, 0.1) is 11.4 Å². The van der Waals surface area contributed by atoms with Crippen molar-refractivity contribution in [2.75, 3.05) is 13.3 Å². The number of aryl methyl sites for hydroxylation is 2. The van der Waals surface area contributed by atoms with E-state index >= 15 is 0 Å². The molecular formula is C20H29N5S. The summed E-state index contributed by atoms with van der Waals surface area (Å²) < 4.78 is 2.02. The number of thioether (sulfide) groups is 1. The van der Waals surface area contributed by atoms with Crippen LogP contribution in [0.15, 0.2) is 35.3 Å². The van der Waals surface area contributed by atoms with Crippen molar-refractivity contribution in [2.45, 2.75) is 50.9 Å². The van der Waals surface area contributed by atoms with Crippen molar-refractivity contribution in [1.82, 2.24) is 20.4 Å². The summed E-state index contributed by atoms with van der Waals surface area (Å²) in [4.78, 5) is 4.41. The van der Waals surface area contributed by atoms with E-state index in [2.05, 4.69) is 64.2 Å². The zero-order chi connectivity index (χ0) is 18.5. The molecule has 1 aromatic carbocycles. The minimum atomic E-state index is 0.518. The maximum atomic E-state index is 4.63. The van der Waals surface area contributed by atoms with E-state index in [9.17, 15) is 0 Å². The van der Waals surface area contributed by atoms with E-state index < -0.39 is 0 Å². The predicted molar refractivity (Wildman–Crippen MR) is 111 cm³/mol. The highest BCUT2D eigenvalue weighted by molar-refractivity contribution is 7.99. The Morgan fingerprint density at radius 2 is 2.12 bits per heavy atom. The fraction of sp³-hybridized carbons (Fsp3) is 0.500. The third-order valence-corrected chi connectivity index (χ3v) is 6.05. The van der Waals surface area contributed by atoms with Crippen LogP contribution in [-0.4, -0.2) is 40.3 Å². The molecule has 1 aliphatic rings. The third-order valence-electron chi connectivity index (χ3n) is 4.96. The first-order valence-electron chi connectivity index (χ1n) is 9.22. The smallest absolute Gasteiger partial charge is 0.191 e. The van der Waals surface area contributed by atoms with Gasteiger partial charge in [0.2, 0.25) is 0 Å². The van der Waals surface area contributed by atoms with Gasteiger partial charge in [-0.05, 0) is 57.1 Å². The van der Waals surface area contributed by atoms with Crippen molar-refractivity contribution in [3.63, 3.8) is 0 Å². The first-order chi connectivity index (χ1) is 12.6. The van der Waals surface area contributed by atoms with Gasteiger partial charge in [-0.3, -0.25) is 4.99 Å². The average molecular weight is 372 g/mol. The van der Waals surface area contributed by atoms with Crippen molar-refractivity contribution in [2.24, 2.45) is 4.99 Å². The fourth-order valence-electron chi connectivity index (χ4n) is 3.59. The summed E-state index contributed by atoms with van der Waals surface area (Å²) in [7, 11) is 1.84. The zero-order valence-electron chi connectivity index (χ0n) is 16.1. The molecule has 1 aromatic heterocycles. The van der Waals surface area contributed by atoms with E-state index in [0.717, 1.165) is 28.3 Å². The Kier molecular flexibility index (Phi) is 6.25. The number of rotatable bonds is 5. The second kappa shape index (κ2) is 8.62. The van der Waals surface area contributed by atoms with Gasteiger partial charge < -0.3 is 10.6 Å². The number of para-hydroxylation sites is 1. The van der Waals surface area contributed by atoms with Crippen LogP contribution in [0.25, 0.3) is 5.69 Å². The van der Waals surface area contributed by atoms with Crippen LogP contribution < -0.4 is 10.6 Å². The van der Waals surface area contributed by atoms with Gasteiger partial charge in [-0.2, -0.15) is 16.9 Å². The molecule has 1 saturated carbocycles. The minimum Gasteiger partial charge on any atom is -0.354 e. The summed E-state index contributed by atoms with van der Waals surface area (Å²) in [6.45, 7) is 4.83. The lowest BCUT2D eigenvalue weighted by Gasteiger charge is -2.18. The number of aliphatic imine (C=N–C) groups is 1. The molecule has 5 nitrogen and oxygen atoms in total. The first kappa shape index (κ1) is 18.8. The molecule has 2 unspecified atom stereocenters. The number of benzene rings is 1. The molecule has 0 spiro atoms. The molecule has 0 radical (unpaired) electrons. The van der Waals surface area contributed by atoms with Crippen LogP contribution in [0, 0.1) is 13.8 Å². The molecule has 140 valence electrons. The predicted octanol–water partition coefficient (Wildman–Crippen LogP) is 3.44. The van der Waals surface area contributed by atoms with Crippen LogP contribution in [0.5, 0.6) is 0 Å². The van der Waals surface area contributed by atoms with Crippen molar-refractivity contribution in [1.29, 1.82) is 0 Å². The van der Waals surface area contributed by atoms with E-state index in [1.54, 1.807) is 0 Å². The van der Waals surface area contributed by atoms with Gasteiger partial charge >= 0.3 is 0 Å². The van der Waals surface area contributed by atoms with Crippen molar-refractivity contribution < 1.29 is 0 Å². The largest absolute Gasteiger partial charge is 0.354 e. The molecule has 1 fully saturated rings. The van der Waals surface area contributed by atoms with E-state index in [0.29, 0.717) is 12.6 Å². The van der Waals surface area contributed by atoms with Crippen molar-refractivity contribution >= 4 is 17.7 Å². The van der Waals surface area contributed by atoms with E-state index in [1.807, 2.05) is 30.4 Å². The van der Waals surface area contributed by atoms with Gasteiger partial charge in [0.15, 0.2) is 5.96 Å². The normalized spacial score (nSPS) is 20.4. The summed E-state index contributed by atoms with van der Waals surface area (Å²) in [6.07, 6.45) is 5.92. The van der Waals surface area contributed by atoms with Gasteiger partial charge in [0.25, 0.3) is 0 Å². The van der Waals surface area contributed by atoms with Gasteiger partial charge in [-0.25, -0.2) is 4.68 Å². The number of hydrogen-bond acceptors (Lipinski definition) is 3.